The van der Waals surface area contributed by atoms with Crippen LogP contribution in [0.1, 0.15) is 52.3 Å². The normalized spacial score (nSPS) is 11.7. The molecule has 0 saturated heterocycles. The predicted molar refractivity (Wildman–Crippen MR) is 225 cm³/mol. The van der Waals surface area contributed by atoms with E-state index in [4.69, 9.17) is 34.4 Å². The molecule has 0 spiro atoms. The topological polar surface area (TPSA) is 246 Å². The molecule has 0 radical (unpaired) electrons. The molecule has 2 N–H and O–H groups in total. The van der Waals surface area contributed by atoms with Crippen LogP contribution in [0.5, 0.6) is 11.5 Å². The summed E-state index contributed by atoms with van der Waals surface area (Å²) in [7, 11) is 0. The molecule has 2 aromatic heterocycles. The fourth-order valence-corrected chi connectivity index (χ4v) is 6.69. The Balaban J connectivity index is 0.000000211. The SMILES string of the molecule is CCOc1ccc(-c2nc(C#N)c3c(n2)N(c2cccc(C)c2)C(=O)C3)cc1.CCOc1ccc(-c2nc(C(N)=O)c3c(n2)N(c2cccc(C)c2)C(=O)C3)cc1.O=C=O.O=C=O. The standard InChI is InChI=1S/C22H20N4O3.C22H18N4O2.2CO2/c1-3-29-16-9-7-14(8-10-16)21-24-19(20(23)28)17-12-18(27)26(22(17)25-21)15-6-4-5-13(2)11-15;1-3-28-17-9-7-15(8-10-17)21-24-19(13-23)18-12-20(27)26(22(18)25-21)16-6-4-5-14(2)11-16;2*2-1-3/h4-11H,3,12H2,1-2H3,(H2,23,28);4-11H,3,12H2,1-2H3;;. The Bertz CT molecular complexity index is 2760. The number of nitriles is 1. The van der Waals surface area contributed by atoms with Crippen molar-refractivity contribution in [2.75, 3.05) is 23.0 Å². The van der Waals surface area contributed by atoms with Gasteiger partial charge in [0.05, 0.1) is 37.4 Å². The van der Waals surface area contributed by atoms with Gasteiger partial charge < -0.3 is 15.2 Å². The average molecular weight is 847 g/mol. The van der Waals surface area contributed by atoms with Crippen LogP contribution >= 0.6 is 0 Å². The van der Waals surface area contributed by atoms with Crippen molar-refractivity contribution >= 4 is 53.0 Å². The van der Waals surface area contributed by atoms with Crippen LogP contribution in [0.15, 0.2) is 97.1 Å². The maximum absolute atomic E-state index is 12.8. The first-order valence-corrected chi connectivity index (χ1v) is 19.2. The van der Waals surface area contributed by atoms with Crippen molar-refractivity contribution in [3.05, 3.63) is 131 Å². The largest absolute Gasteiger partial charge is 0.494 e. The smallest absolute Gasteiger partial charge is 0.373 e. The van der Waals surface area contributed by atoms with Gasteiger partial charge in [-0.2, -0.15) is 24.4 Å². The van der Waals surface area contributed by atoms with Gasteiger partial charge in [0.1, 0.15) is 40.6 Å². The first-order valence-electron chi connectivity index (χ1n) is 19.2. The summed E-state index contributed by atoms with van der Waals surface area (Å²) >= 11 is 0. The zero-order valence-electron chi connectivity index (χ0n) is 34.4. The highest BCUT2D eigenvalue weighted by atomic mass is 16.5. The van der Waals surface area contributed by atoms with E-state index >= 15 is 0 Å². The van der Waals surface area contributed by atoms with Crippen LogP contribution < -0.4 is 25.0 Å². The number of aromatic nitrogens is 4. The Morgan fingerprint density at radius 1 is 0.651 bits per heavy atom. The number of carbonyl (C=O) groups is 3. The Hall–Kier alpha value is -8.70. The lowest BCUT2D eigenvalue weighted by molar-refractivity contribution is -0.193. The van der Waals surface area contributed by atoms with Crippen molar-refractivity contribution in [1.82, 2.24) is 19.9 Å². The molecule has 0 fully saturated rings. The Morgan fingerprint density at radius 3 is 1.46 bits per heavy atom. The molecule has 2 aliphatic heterocycles. The van der Waals surface area contributed by atoms with Crippen molar-refractivity contribution in [2.24, 2.45) is 5.73 Å². The van der Waals surface area contributed by atoms with Gasteiger partial charge in [0.2, 0.25) is 11.8 Å². The summed E-state index contributed by atoms with van der Waals surface area (Å²) in [5.41, 5.74) is 11.8. The number of nitrogens with zero attached hydrogens (tertiary/aromatic N) is 7. The van der Waals surface area contributed by atoms with Gasteiger partial charge in [-0.1, -0.05) is 24.3 Å². The molecule has 0 unspecified atom stereocenters. The minimum absolute atomic E-state index is 0.0328. The third kappa shape index (κ3) is 10.6. The zero-order chi connectivity index (χ0) is 45.6. The molecule has 63 heavy (non-hydrogen) atoms. The summed E-state index contributed by atoms with van der Waals surface area (Å²) in [6, 6.07) is 32.0. The second-order valence-corrected chi connectivity index (χ2v) is 13.4. The Labute approximate surface area is 360 Å². The number of anilines is 4. The molecule has 4 aromatic carbocycles. The van der Waals surface area contributed by atoms with Crippen LogP contribution in [0.4, 0.5) is 23.0 Å². The van der Waals surface area contributed by atoms with Crippen molar-refractivity contribution in [3.63, 3.8) is 0 Å². The molecular weight excluding hydrogens is 809 g/mol. The van der Waals surface area contributed by atoms with E-state index in [1.165, 1.54) is 4.90 Å². The summed E-state index contributed by atoms with van der Waals surface area (Å²) < 4.78 is 10.9. The number of carbonyl (C=O) groups excluding carboxylic acids is 7. The lowest BCUT2D eigenvalue weighted by atomic mass is 10.1. The zero-order valence-corrected chi connectivity index (χ0v) is 34.4. The number of nitrogens with two attached hydrogens (primary N) is 1. The minimum Gasteiger partial charge on any atom is -0.494 e. The van der Waals surface area contributed by atoms with Crippen molar-refractivity contribution in [1.29, 1.82) is 5.26 Å². The highest BCUT2D eigenvalue weighted by Gasteiger charge is 2.36. The number of aryl methyl sites for hydroxylation is 2. The van der Waals surface area contributed by atoms with E-state index in [-0.39, 0.29) is 48.3 Å². The maximum atomic E-state index is 12.8. The molecule has 6 aromatic rings. The molecule has 316 valence electrons. The summed E-state index contributed by atoms with van der Waals surface area (Å²) in [4.78, 5) is 91.2. The van der Waals surface area contributed by atoms with Gasteiger partial charge in [-0.25, -0.2) is 19.9 Å². The molecule has 0 bridgehead atoms. The third-order valence-corrected chi connectivity index (χ3v) is 9.26. The van der Waals surface area contributed by atoms with Gasteiger partial charge in [-0.3, -0.25) is 24.2 Å². The molecule has 2 aliphatic rings. The monoisotopic (exact) mass is 846 g/mol. The Morgan fingerprint density at radius 2 is 1.06 bits per heavy atom. The van der Waals surface area contributed by atoms with E-state index in [9.17, 15) is 19.6 Å². The van der Waals surface area contributed by atoms with Gasteiger partial charge in [0.25, 0.3) is 5.91 Å². The number of primary amides is 1. The van der Waals surface area contributed by atoms with Gasteiger partial charge in [-0.05, 0) is 112 Å². The summed E-state index contributed by atoms with van der Waals surface area (Å²) in [6.45, 7) is 8.90. The van der Waals surface area contributed by atoms with E-state index in [2.05, 4.69) is 26.0 Å². The fourth-order valence-electron chi connectivity index (χ4n) is 6.69. The van der Waals surface area contributed by atoms with Crippen LogP contribution in [-0.4, -0.2) is 63.2 Å². The van der Waals surface area contributed by atoms with Crippen LogP contribution in [0.2, 0.25) is 0 Å². The maximum Gasteiger partial charge on any atom is 0.373 e. The van der Waals surface area contributed by atoms with Crippen molar-refractivity contribution in [2.45, 2.75) is 40.5 Å². The van der Waals surface area contributed by atoms with Crippen LogP contribution in [-0.2, 0) is 41.6 Å². The second-order valence-electron chi connectivity index (χ2n) is 13.4. The van der Waals surface area contributed by atoms with Gasteiger partial charge in [0.15, 0.2) is 11.6 Å². The minimum atomic E-state index is -0.685. The predicted octanol–water partition coefficient (Wildman–Crippen LogP) is 5.95. The molecule has 0 atom stereocenters. The van der Waals surface area contributed by atoms with Gasteiger partial charge >= 0.3 is 12.3 Å². The number of amides is 3. The fraction of sp³-hybridized carbons (Fsp3) is 0.174. The van der Waals surface area contributed by atoms with Gasteiger partial charge in [-0.15, -0.1) is 0 Å². The molecule has 8 rings (SSSR count). The first kappa shape index (κ1) is 45.4. The number of benzene rings is 4. The van der Waals surface area contributed by atoms with E-state index < -0.39 is 5.91 Å². The molecule has 0 aliphatic carbocycles. The van der Waals surface area contributed by atoms with Crippen molar-refractivity contribution < 1.29 is 43.0 Å². The third-order valence-electron chi connectivity index (χ3n) is 9.26. The number of hydrogen-bond donors (Lipinski definition) is 1. The number of hydrogen-bond acceptors (Lipinski definition) is 14. The highest BCUT2D eigenvalue weighted by Crippen LogP contribution is 2.38. The molecule has 17 heteroatoms. The van der Waals surface area contributed by atoms with E-state index in [1.54, 1.807) is 4.90 Å². The number of rotatable bonds is 9. The van der Waals surface area contributed by atoms with Gasteiger partial charge in [0, 0.05) is 22.3 Å². The highest BCUT2D eigenvalue weighted by molar-refractivity contribution is 6.10. The van der Waals surface area contributed by atoms with Crippen LogP contribution in [0.3, 0.4) is 0 Å². The molecule has 0 saturated carbocycles. The average Bonchev–Trinajstić information content (AvgIpc) is 3.79. The second kappa shape index (κ2) is 21.0. The lowest BCUT2D eigenvalue weighted by Crippen LogP contribution is -2.21. The van der Waals surface area contributed by atoms with Crippen LogP contribution in [0, 0.1) is 25.2 Å². The molecule has 3 amide bonds. The first-order chi connectivity index (χ1) is 30.4. The quantitative estimate of drug-likeness (QED) is 0.177. The van der Waals surface area contributed by atoms with E-state index in [0.717, 1.165) is 33.9 Å². The summed E-state index contributed by atoms with van der Waals surface area (Å²) in [5, 5.41) is 9.58. The molecule has 17 nitrogen and oxygen atoms in total. The number of fused-ring (bicyclic) bond motifs is 2. The molecular formula is C46H38N8O9. The Kier molecular flexibility index (Phi) is 15.1. The van der Waals surface area contributed by atoms with Crippen molar-refractivity contribution in [3.8, 4) is 40.3 Å². The lowest BCUT2D eigenvalue weighted by Gasteiger charge is -2.18. The number of ether oxygens (including phenoxy) is 2. The summed E-state index contributed by atoms with van der Waals surface area (Å²) in [6.07, 6.45) is 0.654. The molecule has 4 heterocycles. The summed E-state index contributed by atoms with van der Waals surface area (Å²) in [5.74, 6) is 2.11. The van der Waals surface area contributed by atoms with Crippen LogP contribution in [0.25, 0.3) is 22.8 Å². The van der Waals surface area contributed by atoms with E-state index in [0.29, 0.717) is 58.9 Å². The van der Waals surface area contributed by atoms with E-state index in [1.807, 2.05) is 125 Å².